The average Bonchev–Trinajstić information content (AvgIpc) is 3.66. The number of epoxide rings is 1. The van der Waals surface area contributed by atoms with Gasteiger partial charge in [0.2, 0.25) is 0 Å². The largest absolute Gasteiger partial charge is 0.370 e. The lowest BCUT2D eigenvalue weighted by Gasteiger charge is -2.03. The van der Waals surface area contributed by atoms with Gasteiger partial charge in [-0.25, -0.2) is 0 Å². The molecule has 222 valence electrons. The van der Waals surface area contributed by atoms with Crippen molar-refractivity contribution in [2.75, 3.05) is 0 Å². The number of unbranched alkanes of at least 4 members (excludes halogenated alkanes) is 28. The van der Waals surface area contributed by atoms with Crippen molar-refractivity contribution in [3.8, 4) is 0 Å². The summed E-state index contributed by atoms with van der Waals surface area (Å²) in [5.74, 6) is 0. The molecule has 0 aromatic carbocycles. The molecule has 1 saturated heterocycles. The SMILES string of the molecule is CCCCCCCCCCCCCCCCCCC1OC1CCCCCCCCCCCCCCCC. The van der Waals surface area contributed by atoms with Crippen LogP contribution >= 0.6 is 0 Å². The van der Waals surface area contributed by atoms with Crippen molar-refractivity contribution in [1.82, 2.24) is 0 Å². The molecule has 1 aliphatic heterocycles. The van der Waals surface area contributed by atoms with Crippen LogP contribution in [0.25, 0.3) is 0 Å². The first-order valence-corrected chi connectivity index (χ1v) is 18.0. The molecule has 2 atom stereocenters. The molecule has 0 aromatic rings. The quantitative estimate of drug-likeness (QED) is 0.0634. The topological polar surface area (TPSA) is 12.5 Å². The van der Waals surface area contributed by atoms with Gasteiger partial charge in [-0.2, -0.15) is 0 Å². The van der Waals surface area contributed by atoms with Crippen LogP contribution in [0.15, 0.2) is 0 Å². The highest BCUT2D eigenvalue weighted by Crippen LogP contribution is 2.32. The van der Waals surface area contributed by atoms with E-state index in [1.54, 1.807) is 0 Å². The lowest BCUT2D eigenvalue weighted by atomic mass is 10.0. The summed E-state index contributed by atoms with van der Waals surface area (Å²) in [6.45, 7) is 4.61. The van der Waals surface area contributed by atoms with Crippen molar-refractivity contribution in [3.63, 3.8) is 0 Å². The average molecular weight is 521 g/mol. The summed E-state index contributed by atoms with van der Waals surface area (Å²) in [5, 5.41) is 0. The fraction of sp³-hybridized carbons (Fsp3) is 1.00. The van der Waals surface area contributed by atoms with E-state index >= 15 is 0 Å². The Balaban J connectivity index is 1.67. The predicted molar refractivity (Wildman–Crippen MR) is 168 cm³/mol. The summed E-state index contributed by atoms with van der Waals surface area (Å²) < 4.78 is 5.95. The second-order valence-electron chi connectivity index (χ2n) is 12.7. The molecular formula is C36H72O. The highest BCUT2D eigenvalue weighted by atomic mass is 16.6. The van der Waals surface area contributed by atoms with Crippen molar-refractivity contribution >= 4 is 0 Å². The fourth-order valence-corrected chi connectivity index (χ4v) is 6.12. The van der Waals surface area contributed by atoms with Gasteiger partial charge in [-0.05, 0) is 12.8 Å². The van der Waals surface area contributed by atoms with Crippen molar-refractivity contribution in [2.24, 2.45) is 0 Å². The summed E-state index contributed by atoms with van der Waals surface area (Å²) in [5.41, 5.74) is 0. The molecule has 0 amide bonds. The van der Waals surface area contributed by atoms with Gasteiger partial charge in [0.1, 0.15) is 0 Å². The van der Waals surface area contributed by atoms with Gasteiger partial charge in [-0.3, -0.25) is 0 Å². The van der Waals surface area contributed by atoms with Crippen LogP contribution in [0.3, 0.4) is 0 Å². The van der Waals surface area contributed by atoms with Crippen LogP contribution in [-0.4, -0.2) is 12.2 Å². The first-order valence-electron chi connectivity index (χ1n) is 18.0. The van der Waals surface area contributed by atoms with E-state index in [1.165, 1.54) is 205 Å². The maximum absolute atomic E-state index is 5.95. The predicted octanol–water partition coefficient (Wildman–Crippen LogP) is 13.3. The van der Waals surface area contributed by atoms with E-state index in [2.05, 4.69) is 13.8 Å². The van der Waals surface area contributed by atoms with Crippen LogP contribution < -0.4 is 0 Å². The maximum atomic E-state index is 5.95. The Morgan fingerprint density at radius 2 is 0.459 bits per heavy atom. The van der Waals surface area contributed by atoms with Gasteiger partial charge in [0.05, 0.1) is 12.2 Å². The van der Waals surface area contributed by atoms with Crippen molar-refractivity contribution in [3.05, 3.63) is 0 Å². The van der Waals surface area contributed by atoms with Gasteiger partial charge in [-0.1, -0.05) is 206 Å². The third kappa shape index (κ3) is 26.0. The standard InChI is InChI=1S/C36H72O/c1-3-5-7-9-11-13-15-17-19-20-22-24-26-28-30-32-34-36-35(37-36)33-31-29-27-25-23-21-18-16-14-12-10-8-6-4-2/h35-36H,3-34H2,1-2H3. The van der Waals surface area contributed by atoms with Gasteiger partial charge < -0.3 is 4.74 Å². The molecule has 0 spiro atoms. The zero-order valence-corrected chi connectivity index (χ0v) is 26.2. The van der Waals surface area contributed by atoms with E-state index in [0.717, 1.165) is 0 Å². The highest BCUT2D eigenvalue weighted by molar-refractivity contribution is 4.84. The van der Waals surface area contributed by atoms with E-state index in [1.807, 2.05) is 0 Å². The van der Waals surface area contributed by atoms with E-state index in [9.17, 15) is 0 Å². The highest BCUT2D eigenvalue weighted by Gasteiger charge is 2.36. The minimum absolute atomic E-state index is 0.633. The third-order valence-corrected chi connectivity index (χ3v) is 8.87. The lowest BCUT2D eigenvalue weighted by molar-refractivity contribution is 0.347. The Morgan fingerprint density at radius 1 is 0.270 bits per heavy atom. The number of hydrogen-bond donors (Lipinski definition) is 0. The van der Waals surface area contributed by atoms with Crippen LogP contribution in [0.1, 0.15) is 219 Å². The summed E-state index contributed by atoms with van der Waals surface area (Å²) in [6, 6.07) is 0. The van der Waals surface area contributed by atoms with E-state index in [4.69, 9.17) is 4.74 Å². The Hall–Kier alpha value is -0.0400. The van der Waals surface area contributed by atoms with Crippen molar-refractivity contribution in [1.29, 1.82) is 0 Å². The van der Waals surface area contributed by atoms with Gasteiger partial charge >= 0.3 is 0 Å². The summed E-state index contributed by atoms with van der Waals surface area (Å²) in [4.78, 5) is 0. The van der Waals surface area contributed by atoms with Gasteiger partial charge in [0, 0.05) is 0 Å². The smallest absolute Gasteiger partial charge is 0.0841 e. The molecule has 2 unspecified atom stereocenters. The molecule has 0 aliphatic carbocycles. The summed E-state index contributed by atoms with van der Waals surface area (Å²) in [7, 11) is 0. The van der Waals surface area contributed by atoms with Crippen LogP contribution in [0.5, 0.6) is 0 Å². The molecule has 37 heavy (non-hydrogen) atoms. The molecule has 0 aromatic heterocycles. The molecule has 1 rings (SSSR count). The van der Waals surface area contributed by atoms with Crippen molar-refractivity contribution in [2.45, 2.75) is 232 Å². The molecule has 1 fully saturated rings. The van der Waals surface area contributed by atoms with E-state index in [0.29, 0.717) is 12.2 Å². The normalized spacial score (nSPS) is 17.0. The second kappa shape index (κ2) is 29.0. The Bertz CT molecular complexity index is 419. The number of rotatable bonds is 32. The molecule has 0 N–H and O–H groups in total. The fourth-order valence-electron chi connectivity index (χ4n) is 6.12. The number of ether oxygens (including phenoxy) is 1. The minimum Gasteiger partial charge on any atom is -0.370 e. The Labute approximate surface area is 236 Å². The molecule has 1 heteroatoms. The molecule has 1 aliphatic rings. The zero-order chi connectivity index (χ0) is 26.5. The van der Waals surface area contributed by atoms with E-state index < -0.39 is 0 Å². The first-order chi connectivity index (χ1) is 18.4. The summed E-state index contributed by atoms with van der Waals surface area (Å²) in [6.07, 6.45) is 47.6. The van der Waals surface area contributed by atoms with Crippen molar-refractivity contribution < 1.29 is 4.74 Å². The molecule has 0 saturated carbocycles. The van der Waals surface area contributed by atoms with Gasteiger partial charge in [-0.15, -0.1) is 0 Å². The lowest BCUT2D eigenvalue weighted by Crippen LogP contribution is -1.95. The Kier molecular flexibility index (Phi) is 27.4. The van der Waals surface area contributed by atoms with Crippen LogP contribution in [0, 0.1) is 0 Å². The number of hydrogen-bond acceptors (Lipinski definition) is 1. The van der Waals surface area contributed by atoms with Crippen LogP contribution in [-0.2, 0) is 4.74 Å². The zero-order valence-electron chi connectivity index (χ0n) is 26.2. The third-order valence-electron chi connectivity index (χ3n) is 8.87. The maximum Gasteiger partial charge on any atom is 0.0841 e. The molecule has 1 heterocycles. The molecule has 0 radical (unpaired) electrons. The molecular weight excluding hydrogens is 448 g/mol. The molecule has 1 nitrogen and oxygen atoms in total. The van der Waals surface area contributed by atoms with Crippen LogP contribution in [0.4, 0.5) is 0 Å². The van der Waals surface area contributed by atoms with Gasteiger partial charge in [0.15, 0.2) is 0 Å². The van der Waals surface area contributed by atoms with E-state index in [-0.39, 0.29) is 0 Å². The molecule has 0 bridgehead atoms. The van der Waals surface area contributed by atoms with Crippen LogP contribution in [0.2, 0.25) is 0 Å². The second-order valence-corrected chi connectivity index (χ2v) is 12.7. The monoisotopic (exact) mass is 521 g/mol. The first kappa shape index (κ1) is 35.0. The van der Waals surface area contributed by atoms with Gasteiger partial charge in [0.25, 0.3) is 0 Å². The minimum atomic E-state index is 0.633. The Morgan fingerprint density at radius 3 is 0.676 bits per heavy atom. The summed E-state index contributed by atoms with van der Waals surface area (Å²) >= 11 is 0.